The highest BCUT2D eigenvalue weighted by atomic mass is 16.5. The van der Waals surface area contributed by atoms with Crippen molar-refractivity contribution in [1.29, 1.82) is 0 Å². The van der Waals surface area contributed by atoms with Gasteiger partial charge in [-0.05, 0) is 68.4 Å². The molecule has 0 atom stereocenters. The SMILES string of the molecule is Cc1ccc2c(N3CCC(NC(=O)CC4CCOCC4)CC3)nc(-c3ccccc3O)nc2c1.[HH].[HH]. The number of aryl methyl sites for hydroxylation is 1. The molecule has 0 bridgehead atoms. The van der Waals surface area contributed by atoms with Gasteiger partial charge >= 0.3 is 0 Å². The highest BCUT2D eigenvalue weighted by Gasteiger charge is 2.25. The van der Waals surface area contributed by atoms with E-state index in [0.717, 1.165) is 74.3 Å². The Morgan fingerprint density at radius 1 is 1.12 bits per heavy atom. The van der Waals surface area contributed by atoms with E-state index >= 15 is 0 Å². The van der Waals surface area contributed by atoms with Gasteiger partial charge in [-0.3, -0.25) is 4.79 Å². The number of hydrogen-bond donors (Lipinski definition) is 2. The van der Waals surface area contributed by atoms with Gasteiger partial charge in [-0.1, -0.05) is 18.2 Å². The van der Waals surface area contributed by atoms with Crippen molar-refractivity contribution in [2.24, 2.45) is 5.92 Å². The first kappa shape index (κ1) is 22.6. The maximum atomic E-state index is 12.6. The number of hydrogen-bond acceptors (Lipinski definition) is 6. The molecule has 34 heavy (non-hydrogen) atoms. The standard InChI is InChI=1S/C27H32N4O3.2H2/c1-18-6-7-21-23(16-18)29-26(22-4-2-3-5-24(22)32)30-27(21)31-12-8-20(9-13-31)28-25(33)17-19-10-14-34-15-11-19;;/h2-7,16,19-20,32H,8-15,17H2,1H3,(H,28,33);2*1H. The number of amides is 1. The molecule has 0 saturated carbocycles. The lowest BCUT2D eigenvalue weighted by Gasteiger charge is -2.34. The zero-order valence-corrected chi connectivity index (χ0v) is 19.7. The van der Waals surface area contributed by atoms with Crippen molar-refractivity contribution in [2.75, 3.05) is 31.2 Å². The van der Waals surface area contributed by atoms with Crippen LogP contribution in [0.2, 0.25) is 0 Å². The van der Waals surface area contributed by atoms with E-state index in [9.17, 15) is 9.90 Å². The number of ether oxygens (including phenoxy) is 1. The van der Waals surface area contributed by atoms with Crippen LogP contribution in [0.25, 0.3) is 22.3 Å². The second-order valence-electron chi connectivity index (χ2n) is 9.50. The molecule has 182 valence electrons. The summed E-state index contributed by atoms with van der Waals surface area (Å²) in [6.45, 7) is 5.21. The Balaban J connectivity index is 0.00000180. The second kappa shape index (κ2) is 9.97. The summed E-state index contributed by atoms with van der Waals surface area (Å²) in [6, 6.07) is 13.6. The fourth-order valence-electron chi connectivity index (χ4n) is 4.98. The monoisotopic (exact) mass is 464 g/mol. The van der Waals surface area contributed by atoms with Gasteiger partial charge in [0.15, 0.2) is 5.82 Å². The summed E-state index contributed by atoms with van der Waals surface area (Å²) in [5, 5.41) is 14.6. The van der Waals surface area contributed by atoms with Gasteiger partial charge in [0.1, 0.15) is 11.6 Å². The van der Waals surface area contributed by atoms with Crippen molar-refractivity contribution < 1.29 is 17.5 Å². The van der Waals surface area contributed by atoms with Crippen LogP contribution in [-0.4, -0.2) is 53.3 Å². The van der Waals surface area contributed by atoms with Crippen LogP contribution in [0, 0.1) is 12.8 Å². The number of phenols is 1. The molecule has 0 spiro atoms. The zero-order chi connectivity index (χ0) is 23.5. The number of nitrogens with zero attached hydrogens (tertiary/aromatic N) is 3. The smallest absolute Gasteiger partial charge is 0.220 e. The van der Waals surface area contributed by atoms with Crippen LogP contribution in [0.15, 0.2) is 42.5 Å². The Kier molecular flexibility index (Phi) is 6.63. The maximum absolute atomic E-state index is 12.6. The first-order chi connectivity index (χ1) is 16.6. The van der Waals surface area contributed by atoms with Crippen molar-refractivity contribution in [3.05, 3.63) is 48.0 Å². The number of aromatic nitrogens is 2. The first-order valence-electron chi connectivity index (χ1n) is 12.3. The van der Waals surface area contributed by atoms with Gasteiger partial charge in [0.25, 0.3) is 0 Å². The highest BCUT2D eigenvalue weighted by Crippen LogP contribution is 2.33. The van der Waals surface area contributed by atoms with Crippen molar-refractivity contribution in [2.45, 2.75) is 45.1 Å². The summed E-state index contributed by atoms with van der Waals surface area (Å²) in [5.74, 6) is 2.19. The number of rotatable bonds is 5. The Morgan fingerprint density at radius 3 is 2.65 bits per heavy atom. The number of aromatic hydroxyl groups is 1. The third kappa shape index (κ3) is 4.99. The molecule has 7 heteroatoms. The van der Waals surface area contributed by atoms with Gasteiger partial charge in [0.05, 0.1) is 11.1 Å². The molecule has 3 heterocycles. The summed E-state index contributed by atoms with van der Waals surface area (Å²) in [6.07, 6.45) is 4.31. The maximum Gasteiger partial charge on any atom is 0.220 e. The van der Waals surface area contributed by atoms with Crippen LogP contribution in [0.4, 0.5) is 5.82 Å². The lowest BCUT2D eigenvalue weighted by molar-refractivity contribution is -0.123. The van der Waals surface area contributed by atoms with Gasteiger partial charge < -0.3 is 20.1 Å². The fraction of sp³-hybridized carbons (Fsp3) is 0.444. The molecule has 7 nitrogen and oxygen atoms in total. The van der Waals surface area contributed by atoms with E-state index < -0.39 is 0 Å². The average Bonchev–Trinajstić information content (AvgIpc) is 2.84. The Bertz CT molecular complexity index is 1180. The normalized spacial score (nSPS) is 17.7. The molecule has 5 rings (SSSR count). The predicted molar refractivity (Wildman–Crippen MR) is 137 cm³/mol. The van der Waals surface area contributed by atoms with Gasteiger partial charge in [0.2, 0.25) is 5.91 Å². The van der Waals surface area contributed by atoms with E-state index in [1.807, 2.05) is 12.1 Å². The number of benzene rings is 2. The largest absolute Gasteiger partial charge is 0.507 e. The van der Waals surface area contributed by atoms with Crippen molar-refractivity contribution >= 4 is 22.6 Å². The molecule has 0 aliphatic carbocycles. The molecule has 2 fully saturated rings. The molecule has 2 N–H and O–H groups in total. The average molecular weight is 465 g/mol. The number of para-hydroxylation sites is 1. The minimum absolute atomic E-state index is 0. The summed E-state index contributed by atoms with van der Waals surface area (Å²) in [5.41, 5.74) is 2.63. The molecular weight excluding hydrogens is 428 g/mol. The molecule has 2 aromatic carbocycles. The molecule has 2 saturated heterocycles. The van der Waals surface area contributed by atoms with Gasteiger partial charge in [0, 0.05) is 47.0 Å². The summed E-state index contributed by atoms with van der Waals surface area (Å²) in [7, 11) is 0. The predicted octanol–water partition coefficient (Wildman–Crippen LogP) is 4.70. The van der Waals surface area contributed by atoms with Gasteiger partial charge in [-0.25, -0.2) is 9.97 Å². The number of carbonyl (C=O) groups is 1. The van der Waals surface area contributed by atoms with Gasteiger partial charge in [-0.2, -0.15) is 0 Å². The summed E-state index contributed by atoms with van der Waals surface area (Å²) in [4.78, 5) is 24.5. The van der Waals surface area contributed by atoms with E-state index in [2.05, 4.69) is 35.3 Å². The third-order valence-corrected chi connectivity index (χ3v) is 6.95. The van der Waals surface area contributed by atoms with E-state index in [1.54, 1.807) is 12.1 Å². The minimum atomic E-state index is 0. The first-order valence-corrected chi connectivity index (χ1v) is 12.3. The van der Waals surface area contributed by atoms with Crippen molar-refractivity contribution in [3.8, 4) is 17.1 Å². The number of fused-ring (bicyclic) bond motifs is 1. The van der Waals surface area contributed by atoms with Crippen LogP contribution in [0.3, 0.4) is 0 Å². The molecule has 2 aliphatic heterocycles. The number of nitrogens with one attached hydrogen (secondary N) is 1. The fourth-order valence-corrected chi connectivity index (χ4v) is 4.98. The highest BCUT2D eigenvalue weighted by molar-refractivity contribution is 5.92. The van der Waals surface area contributed by atoms with E-state index in [0.29, 0.717) is 23.7 Å². The Morgan fingerprint density at radius 2 is 1.88 bits per heavy atom. The number of piperidine rings is 1. The molecule has 2 aliphatic rings. The van der Waals surface area contributed by atoms with Crippen LogP contribution < -0.4 is 10.2 Å². The van der Waals surface area contributed by atoms with Crippen LogP contribution in [0.1, 0.15) is 40.5 Å². The zero-order valence-electron chi connectivity index (χ0n) is 19.7. The van der Waals surface area contributed by atoms with E-state index in [-0.39, 0.29) is 20.6 Å². The quantitative estimate of drug-likeness (QED) is 0.569. The molecule has 1 aromatic heterocycles. The molecule has 0 unspecified atom stereocenters. The number of carbonyl (C=O) groups excluding carboxylic acids is 1. The molecule has 1 amide bonds. The second-order valence-corrected chi connectivity index (χ2v) is 9.50. The topological polar surface area (TPSA) is 87.6 Å². The van der Waals surface area contributed by atoms with Gasteiger partial charge in [-0.15, -0.1) is 0 Å². The third-order valence-electron chi connectivity index (χ3n) is 6.95. The van der Waals surface area contributed by atoms with Crippen LogP contribution in [0.5, 0.6) is 5.75 Å². The Labute approximate surface area is 203 Å². The number of phenolic OH excluding ortho intramolecular Hbond substituents is 1. The lowest BCUT2D eigenvalue weighted by atomic mass is 9.95. The lowest BCUT2D eigenvalue weighted by Crippen LogP contribution is -2.45. The van der Waals surface area contributed by atoms with Crippen molar-refractivity contribution in [3.63, 3.8) is 0 Å². The van der Waals surface area contributed by atoms with E-state index in [4.69, 9.17) is 14.7 Å². The summed E-state index contributed by atoms with van der Waals surface area (Å²) >= 11 is 0. The minimum Gasteiger partial charge on any atom is -0.507 e. The van der Waals surface area contributed by atoms with Crippen LogP contribution in [-0.2, 0) is 9.53 Å². The summed E-state index contributed by atoms with van der Waals surface area (Å²) < 4.78 is 5.40. The van der Waals surface area contributed by atoms with Crippen LogP contribution >= 0.6 is 0 Å². The van der Waals surface area contributed by atoms with E-state index in [1.165, 1.54) is 0 Å². The number of anilines is 1. The molecule has 3 aromatic rings. The van der Waals surface area contributed by atoms with Crippen molar-refractivity contribution in [1.82, 2.24) is 15.3 Å². The Hall–Kier alpha value is -3.19. The molecule has 0 radical (unpaired) electrons. The molecular formula is C27H36N4O3.